The molecule has 0 bridgehead atoms. The summed E-state index contributed by atoms with van der Waals surface area (Å²) >= 11 is 0. The first kappa shape index (κ1) is 12.8. The van der Waals surface area contributed by atoms with Crippen molar-refractivity contribution in [3.63, 3.8) is 0 Å². The van der Waals surface area contributed by atoms with E-state index in [1.54, 1.807) is 0 Å². The number of rotatable bonds is 9. The van der Waals surface area contributed by atoms with Gasteiger partial charge in [0.2, 0.25) is 0 Å². The van der Waals surface area contributed by atoms with Crippen molar-refractivity contribution in [1.82, 2.24) is 0 Å². The molecule has 0 amide bonds. The zero-order chi connectivity index (χ0) is 9.94. The molecule has 0 aromatic heterocycles. The monoisotopic (exact) mass is 194 g/mol. The predicted molar refractivity (Wildman–Crippen MR) is 48.7 cm³/mol. The molecule has 80 valence electrons. The first-order valence-electron chi connectivity index (χ1n) is 4.60. The van der Waals surface area contributed by atoms with E-state index in [0.717, 1.165) is 0 Å². The number of alkyl halides is 1. The molecule has 0 saturated carbocycles. The summed E-state index contributed by atoms with van der Waals surface area (Å²) in [6.07, 6.45) is 0.242. The zero-order valence-electron chi connectivity index (χ0n) is 8.42. The third-order valence-electron chi connectivity index (χ3n) is 1.27. The van der Waals surface area contributed by atoms with Gasteiger partial charge in [0.1, 0.15) is 6.67 Å². The van der Waals surface area contributed by atoms with Crippen molar-refractivity contribution < 1.29 is 18.6 Å². The van der Waals surface area contributed by atoms with Crippen LogP contribution in [0.3, 0.4) is 0 Å². The van der Waals surface area contributed by atoms with E-state index in [-0.39, 0.29) is 12.7 Å². The maximum atomic E-state index is 11.5. The number of hydrogen-bond acceptors (Lipinski definition) is 3. The van der Waals surface area contributed by atoms with E-state index in [0.29, 0.717) is 26.4 Å². The lowest BCUT2D eigenvalue weighted by atomic mass is 10.5. The summed E-state index contributed by atoms with van der Waals surface area (Å²) in [4.78, 5) is 0. The molecule has 0 fully saturated rings. The summed E-state index contributed by atoms with van der Waals surface area (Å²) in [6.45, 7) is 5.79. The van der Waals surface area contributed by atoms with Gasteiger partial charge >= 0.3 is 0 Å². The number of ether oxygens (including phenoxy) is 3. The van der Waals surface area contributed by atoms with Crippen molar-refractivity contribution >= 4 is 0 Å². The van der Waals surface area contributed by atoms with Crippen molar-refractivity contribution in [1.29, 1.82) is 0 Å². The molecule has 0 aliphatic heterocycles. The summed E-state index contributed by atoms with van der Waals surface area (Å²) in [5, 5.41) is 0. The molecule has 0 unspecified atom stereocenters. The van der Waals surface area contributed by atoms with Crippen LogP contribution in [0.2, 0.25) is 0 Å². The van der Waals surface area contributed by atoms with Gasteiger partial charge in [0.15, 0.2) is 0 Å². The molecule has 0 N–H and O–H groups in total. The van der Waals surface area contributed by atoms with E-state index in [4.69, 9.17) is 14.2 Å². The molecule has 4 heteroatoms. The van der Waals surface area contributed by atoms with Gasteiger partial charge in [0, 0.05) is 0 Å². The lowest BCUT2D eigenvalue weighted by Crippen LogP contribution is -2.12. The van der Waals surface area contributed by atoms with Crippen LogP contribution >= 0.6 is 0 Å². The van der Waals surface area contributed by atoms with Crippen LogP contribution in [0.15, 0.2) is 0 Å². The molecule has 0 heterocycles. The quantitative estimate of drug-likeness (QED) is 0.519. The Morgan fingerprint density at radius 2 is 1.46 bits per heavy atom. The molecule has 0 rings (SSSR count). The fourth-order valence-electron chi connectivity index (χ4n) is 0.719. The lowest BCUT2D eigenvalue weighted by Gasteiger charge is -2.07. The summed E-state index contributed by atoms with van der Waals surface area (Å²) in [6, 6.07) is 0. The molecule has 0 radical (unpaired) electrons. The SMILES string of the molecule is CC(C)OCCOCCOCCF. The molecule has 0 aromatic rings. The van der Waals surface area contributed by atoms with Crippen molar-refractivity contribution in [2.75, 3.05) is 39.7 Å². The molecule has 13 heavy (non-hydrogen) atoms. The van der Waals surface area contributed by atoms with Crippen LogP contribution in [0.1, 0.15) is 13.8 Å². The van der Waals surface area contributed by atoms with E-state index in [1.165, 1.54) is 0 Å². The van der Waals surface area contributed by atoms with Gasteiger partial charge in [-0.3, -0.25) is 0 Å². The Kier molecular flexibility index (Phi) is 9.75. The maximum Gasteiger partial charge on any atom is 0.113 e. The minimum Gasteiger partial charge on any atom is -0.377 e. The van der Waals surface area contributed by atoms with Crippen molar-refractivity contribution in [2.24, 2.45) is 0 Å². The Morgan fingerprint density at radius 1 is 0.923 bits per heavy atom. The summed E-state index contributed by atoms with van der Waals surface area (Å²) < 4.78 is 26.8. The normalized spacial score (nSPS) is 11.1. The molecule has 0 saturated heterocycles. The minimum atomic E-state index is -0.434. The van der Waals surface area contributed by atoms with Gasteiger partial charge in [0.25, 0.3) is 0 Å². The van der Waals surface area contributed by atoms with E-state index in [2.05, 4.69) is 0 Å². The maximum absolute atomic E-state index is 11.5. The molecule has 0 aliphatic carbocycles. The highest BCUT2D eigenvalue weighted by atomic mass is 19.1. The van der Waals surface area contributed by atoms with Crippen LogP contribution in [0.25, 0.3) is 0 Å². The van der Waals surface area contributed by atoms with Crippen LogP contribution < -0.4 is 0 Å². The first-order chi connectivity index (χ1) is 6.27. The predicted octanol–water partition coefficient (Wildman–Crippen LogP) is 1.41. The standard InChI is InChI=1S/C9H19FO3/c1-9(2)13-8-7-12-6-5-11-4-3-10/h9H,3-8H2,1-2H3. The third kappa shape index (κ3) is 11.8. The van der Waals surface area contributed by atoms with Gasteiger partial charge in [-0.15, -0.1) is 0 Å². The smallest absolute Gasteiger partial charge is 0.113 e. The molecule has 0 spiro atoms. The zero-order valence-corrected chi connectivity index (χ0v) is 8.42. The third-order valence-corrected chi connectivity index (χ3v) is 1.27. The lowest BCUT2D eigenvalue weighted by molar-refractivity contribution is -0.00281. The van der Waals surface area contributed by atoms with Crippen molar-refractivity contribution in [3.05, 3.63) is 0 Å². The van der Waals surface area contributed by atoms with E-state index >= 15 is 0 Å². The number of halogens is 1. The Bertz CT molecular complexity index is 98.9. The van der Waals surface area contributed by atoms with Crippen LogP contribution in [-0.4, -0.2) is 45.8 Å². The van der Waals surface area contributed by atoms with E-state index in [1.807, 2.05) is 13.8 Å². The van der Waals surface area contributed by atoms with Gasteiger partial charge in [-0.25, -0.2) is 4.39 Å². The fourth-order valence-corrected chi connectivity index (χ4v) is 0.719. The summed E-state index contributed by atoms with van der Waals surface area (Å²) in [7, 11) is 0. The molecule has 3 nitrogen and oxygen atoms in total. The van der Waals surface area contributed by atoms with E-state index in [9.17, 15) is 4.39 Å². The Morgan fingerprint density at radius 3 is 2.00 bits per heavy atom. The Balaban J connectivity index is 2.84. The molecular formula is C9H19FO3. The Hall–Kier alpha value is -0.190. The molecule has 0 aromatic carbocycles. The largest absolute Gasteiger partial charge is 0.377 e. The highest BCUT2D eigenvalue weighted by molar-refractivity contribution is 4.37. The Labute approximate surface area is 79.2 Å². The average Bonchev–Trinajstić information content (AvgIpc) is 2.09. The van der Waals surface area contributed by atoms with Gasteiger partial charge in [0.05, 0.1) is 39.1 Å². The highest BCUT2D eigenvalue weighted by Gasteiger charge is 1.93. The first-order valence-corrected chi connectivity index (χ1v) is 4.60. The minimum absolute atomic E-state index is 0.159. The van der Waals surface area contributed by atoms with Crippen molar-refractivity contribution in [2.45, 2.75) is 20.0 Å². The van der Waals surface area contributed by atoms with Gasteiger partial charge in [-0.1, -0.05) is 0 Å². The summed E-state index contributed by atoms with van der Waals surface area (Å²) in [5.41, 5.74) is 0. The van der Waals surface area contributed by atoms with Crippen LogP contribution in [0.5, 0.6) is 0 Å². The van der Waals surface area contributed by atoms with Gasteiger partial charge in [-0.05, 0) is 13.8 Å². The van der Waals surface area contributed by atoms with Gasteiger partial charge < -0.3 is 14.2 Å². The molecular weight excluding hydrogens is 175 g/mol. The topological polar surface area (TPSA) is 27.7 Å². The second-order valence-corrected chi connectivity index (χ2v) is 2.83. The van der Waals surface area contributed by atoms with Crippen LogP contribution in [0.4, 0.5) is 4.39 Å². The van der Waals surface area contributed by atoms with Crippen molar-refractivity contribution in [3.8, 4) is 0 Å². The van der Waals surface area contributed by atoms with E-state index < -0.39 is 6.67 Å². The summed E-state index contributed by atoms with van der Waals surface area (Å²) in [5.74, 6) is 0. The highest BCUT2D eigenvalue weighted by Crippen LogP contribution is 1.87. The number of hydrogen-bond donors (Lipinski definition) is 0. The average molecular weight is 194 g/mol. The fraction of sp³-hybridized carbons (Fsp3) is 1.00. The van der Waals surface area contributed by atoms with Crippen LogP contribution in [0, 0.1) is 0 Å². The second-order valence-electron chi connectivity index (χ2n) is 2.83. The molecule has 0 aliphatic rings. The second kappa shape index (κ2) is 9.89. The molecule has 0 atom stereocenters. The van der Waals surface area contributed by atoms with Gasteiger partial charge in [-0.2, -0.15) is 0 Å². The van der Waals surface area contributed by atoms with Crippen LogP contribution in [-0.2, 0) is 14.2 Å².